The van der Waals surface area contributed by atoms with Crippen molar-refractivity contribution in [3.63, 3.8) is 0 Å². The number of carbonyl (C=O) groups is 2. The van der Waals surface area contributed by atoms with Gasteiger partial charge in [-0.25, -0.2) is 14.8 Å². The van der Waals surface area contributed by atoms with E-state index in [1.54, 1.807) is 18.2 Å². The fraction of sp³-hybridized carbons (Fsp3) is 0.526. The standard InChI is InChI=1S/C38H54N6O5/c1-27(2)23-44(35(46)32-21-41-36(38(3,4)5)42-34(32)39-18-13-19-48-6)31-20-30(40-22-33(45)29-16-11-8-12-17-29)24-43(25-31)37(47)49-26-28-14-9-7-10-15-28/h7-12,14-17,21,27,30-31,33,40,45H,13,18-20,22-26H2,1-6H3,(H,39,41,42)/t30-,31+,33?/m1/s1. The lowest BCUT2D eigenvalue weighted by Gasteiger charge is -2.43. The number of rotatable bonds is 15. The molecule has 3 atom stereocenters. The first-order chi connectivity index (χ1) is 23.5. The van der Waals surface area contributed by atoms with Crippen LogP contribution in [0.5, 0.6) is 0 Å². The number of nitrogens with zero attached hydrogens (tertiary/aromatic N) is 4. The van der Waals surface area contributed by atoms with Gasteiger partial charge in [-0.1, -0.05) is 95.3 Å². The molecule has 0 radical (unpaired) electrons. The zero-order chi connectivity index (χ0) is 35.4. The molecular weight excluding hydrogens is 620 g/mol. The van der Waals surface area contributed by atoms with Gasteiger partial charge in [0.2, 0.25) is 0 Å². The molecule has 3 aromatic rings. The van der Waals surface area contributed by atoms with Gasteiger partial charge in [0.25, 0.3) is 5.91 Å². The summed E-state index contributed by atoms with van der Waals surface area (Å²) in [6, 6.07) is 18.5. The predicted molar refractivity (Wildman–Crippen MR) is 191 cm³/mol. The van der Waals surface area contributed by atoms with Crippen LogP contribution in [0.1, 0.15) is 80.9 Å². The quantitative estimate of drug-likeness (QED) is 0.181. The van der Waals surface area contributed by atoms with Crippen LogP contribution in [0, 0.1) is 5.92 Å². The fourth-order valence-corrected chi connectivity index (χ4v) is 5.88. The summed E-state index contributed by atoms with van der Waals surface area (Å²) in [7, 11) is 1.66. The molecule has 2 aromatic carbocycles. The first-order valence-corrected chi connectivity index (χ1v) is 17.3. The minimum Gasteiger partial charge on any atom is -0.445 e. The Balaban J connectivity index is 1.61. The number of methoxy groups -OCH3 is 1. The minimum atomic E-state index is -0.723. The van der Waals surface area contributed by atoms with E-state index >= 15 is 0 Å². The van der Waals surface area contributed by atoms with E-state index in [9.17, 15) is 14.7 Å². The summed E-state index contributed by atoms with van der Waals surface area (Å²) >= 11 is 0. The highest BCUT2D eigenvalue weighted by atomic mass is 16.6. The molecular formula is C38H54N6O5. The number of likely N-dealkylation sites (tertiary alicyclic amines) is 1. The molecule has 2 amide bonds. The lowest BCUT2D eigenvalue weighted by Crippen LogP contribution is -2.59. The second-order valence-electron chi connectivity index (χ2n) is 14.2. The maximum absolute atomic E-state index is 14.6. The van der Waals surface area contributed by atoms with E-state index in [0.717, 1.165) is 17.5 Å². The molecule has 1 fully saturated rings. The van der Waals surface area contributed by atoms with Crippen LogP contribution >= 0.6 is 0 Å². The van der Waals surface area contributed by atoms with Gasteiger partial charge in [-0.3, -0.25) is 4.79 Å². The normalized spacial score (nSPS) is 17.1. The predicted octanol–water partition coefficient (Wildman–Crippen LogP) is 5.42. The van der Waals surface area contributed by atoms with E-state index < -0.39 is 12.2 Å². The Bertz CT molecular complexity index is 1470. The van der Waals surface area contributed by atoms with Crippen LogP contribution in [0.4, 0.5) is 10.6 Å². The second kappa shape index (κ2) is 18.1. The number of ether oxygens (including phenoxy) is 2. The van der Waals surface area contributed by atoms with E-state index in [0.29, 0.717) is 63.0 Å². The molecule has 1 aliphatic heterocycles. The van der Waals surface area contributed by atoms with Crippen molar-refractivity contribution in [2.75, 3.05) is 51.8 Å². The number of aromatic nitrogens is 2. The molecule has 49 heavy (non-hydrogen) atoms. The molecule has 0 bridgehead atoms. The van der Waals surface area contributed by atoms with Gasteiger partial charge in [0.15, 0.2) is 0 Å². The van der Waals surface area contributed by atoms with Gasteiger partial charge in [0.05, 0.1) is 12.1 Å². The first kappa shape index (κ1) is 37.8. The SMILES string of the molecule is COCCCNc1nc(C(C)(C)C)ncc1C(=O)N(CC(C)C)[C@H]1C[C@@H](NCC(O)c2ccccc2)CN(C(=O)OCc2ccccc2)C1. The molecule has 3 N–H and O–H groups in total. The van der Waals surface area contributed by atoms with Gasteiger partial charge in [0, 0.05) is 64.1 Å². The van der Waals surface area contributed by atoms with Crippen LogP contribution < -0.4 is 10.6 Å². The number of nitrogens with one attached hydrogen (secondary N) is 2. The molecule has 1 saturated heterocycles. The van der Waals surface area contributed by atoms with Gasteiger partial charge >= 0.3 is 6.09 Å². The zero-order valence-electron chi connectivity index (χ0n) is 29.9. The Morgan fingerprint density at radius 2 is 1.76 bits per heavy atom. The largest absolute Gasteiger partial charge is 0.445 e. The molecule has 2 heterocycles. The summed E-state index contributed by atoms with van der Waals surface area (Å²) in [6.45, 7) is 13.0. The summed E-state index contributed by atoms with van der Waals surface area (Å²) in [5, 5.41) is 17.8. The Morgan fingerprint density at radius 3 is 2.41 bits per heavy atom. The Morgan fingerprint density at radius 1 is 1.06 bits per heavy atom. The van der Waals surface area contributed by atoms with Crippen molar-refractivity contribution in [3.8, 4) is 0 Å². The Labute approximate surface area is 291 Å². The molecule has 1 unspecified atom stereocenters. The number of anilines is 1. The van der Waals surface area contributed by atoms with Crippen LogP contribution in [0.25, 0.3) is 0 Å². The minimum absolute atomic E-state index is 0.149. The maximum Gasteiger partial charge on any atom is 0.410 e. The van der Waals surface area contributed by atoms with Gasteiger partial charge in [-0.15, -0.1) is 0 Å². The maximum atomic E-state index is 14.6. The fourth-order valence-electron chi connectivity index (χ4n) is 5.88. The summed E-state index contributed by atoms with van der Waals surface area (Å²) in [6.07, 6.45) is 1.79. The highest BCUT2D eigenvalue weighted by molar-refractivity contribution is 5.98. The van der Waals surface area contributed by atoms with Gasteiger partial charge in [0.1, 0.15) is 23.8 Å². The summed E-state index contributed by atoms with van der Waals surface area (Å²) in [4.78, 5) is 41.1. The third-order valence-electron chi connectivity index (χ3n) is 8.45. The van der Waals surface area contributed by atoms with E-state index in [2.05, 4.69) is 29.5 Å². The molecule has 1 aromatic heterocycles. The summed E-state index contributed by atoms with van der Waals surface area (Å²) in [5.74, 6) is 1.09. The molecule has 11 heteroatoms. The molecule has 4 rings (SSSR count). The number of aliphatic hydroxyl groups is 1. The van der Waals surface area contributed by atoms with E-state index in [4.69, 9.17) is 14.5 Å². The van der Waals surface area contributed by atoms with E-state index in [-0.39, 0.29) is 35.9 Å². The molecule has 11 nitrogen and oxygen atoms in total. The second-order valence-corrected chi connectivity index (χ2v) is 14.2. The molecule has 0 saturated carbocycles. The number of hydrogen-bond donors (Lipinski definition) is 3. The Hall–Kier alpha value is -4.06. The first-order valence-electron chi connectivity index (χ1n) is 17.3. The van der Waals surface area contributed by atoms with Crippen molar-refractivity contribution in [2.24, 2.45) is 5.92 Å². The molecule has 0 spiro atoms. The van der Waals surface area contributed by atoms with Gasteiger partial charge in [-0.05, 0) is 29.9 Å². The average Bonchev–Trinajstić information content (AvgIpc) is 3.10. The van der Waals surface area contributed by atoms with E-state index in [1.165, 1.54) is 0 Å². The van der Waals surface area contributed by atoms with Gasteiger partial charge < -0.3 is 35.0 Å². The smallest absolute Gasteiger partial charge is 0.410 e. The van der Waals surface area contributed by atoms with Crippen LogP contribution in [0.2, 0.25) is 0 Å². The van der Waals surface area contributed by atoms with Crippen LogP contribution in [-0.4, -0.2) is 95.4 Å². The number of benzene rings is 2. The number of aliphatic hydroxyl groups excluding tert-OH is 1. The number of piperidine rings is 1. The lowest BCUT2D eigenvalue weighted by molar-refractivity contribution is 0.0357. The number of carbonyl (C=O) groups excluding carboxylic acids is 2. The van der Waals surface area contributed by atoms with Crippen LogP contribution in [0.15, 0.2) is 66.9 Å². The van der Waals surface area contributed by atoms with Crippen molar-refractivity contribution in [2.45, 2.75) is 77.7 Å². The number of hydrogen-bond acceptors (Lipinski definition) is 9. The molecule has 0 aliphatic carbocycles. The van der Waals surface area contributed by atoms with E-state index in [1.807, 2.05) is 86.3 Å². The third kappa shape index (κ3) is 11.2. The molecule has 1 aliphatic rings. The topological polar surface area (TPSA) is 129 Å². The van der Waals surface area contributed by atoms with Crippen molar-refractivity contribution in [3.05, 3.63) is 89.4 Å². The third-order valence-corrected chi connectivity index (χ3v) is 8.45. The van der Waals surface area contributed by atoms with Crippen molar-refractivity contribution >= 4 is 17.8 Å². The van der Waals surface area contributed by atoms with Crippen molar-refractivity contribution < 1.29 is 24.2 Å². The molecule has 266 valence electrons. The average molecular weight is 675 g/mol. The van der Waals surface area contributed by atoms with Crippen LogP contribution in [-0.2, 0) is 21.5 Å². The van der Waals surface area contributed by atoms with Gasteiger partial charge in [-0.2, -0.15) is 0 Å². The highest BCUT2D eigenvalue weighted by Crippen LogP contribution is 2.26. The Kier molecular flexibility index (Phi) is 13.9. The highest BCUT2D eigenvalue weighted by Gasteiger charge is 2.37. The van der Waals surface area contributed by atoms with Crippen LogP contribution in [0.3, 0.4) is 0 Å². The van der Waals surface area contributed by atoms with Crippen molar-refractivity contribution in [1.29, 1.82) is 0 Å². The van der Waals surface area contributed by atoms with Crippen molar-refractivity contribution in [1.82, 2.24) is 25.1 Å². The zero-order valence-corrected chi connectivity index (χ0v) is 29.9. The monoisotopic (exact) mass is 674 g/mol. The summed E-state index contributed by atoms with van der Waals surface area (Å²) < 4.78 is 11.0. The summed E-state index contributed by atoms with van der Waals surface area (Å²) in [5.41, 5.74) is 1.78. The lowest BCUT2D eigenvalue weighted by atomic mass is 9.95. The number of amides is 2.